The lowest BCUT2D eigenvalue weighted by Gasteiger charge is -2.09. The molecule has 0 aliphatic carbocycles. The van der Waals surface area contributed by atoms with Crippen molar-refractivity contribution in [2.75, 3.05) is 6.79 Å². The second-order valence-corrected chi connectivity index (χ2v) is 8.82. The van der Waals surface area contributed by atoms with Crippen molar-refractivity contribution in [2.24, 2.45) is 0 Å². The molecule has 188 valence electrons. The topological polar surface area (TPSA) is 84.4 Å². The number of halogens is 5. The average Bonchev–Trinajstić information content (AvgIpc) is 3.50. The number of fused-ring (bicyclic) bond motifs is 1. The summed E-state index contributed by atoms with van der Waals surface area (Å²) in [7, 11) is 0. The van der Waals surface area contributed by atoms with Crippen LogP contribution in [-0.2, 0) is 11.0 Å². The standard InChI is InChI=1S/C26H15Cl2F3N2O4/c27-16-5-6-19(28)18(10-16)24-23(14-4-7-20-21(9-14)37-12-36-20)32-22(33-24)11-17(25(34)35)13-2-1-3-15(8-13)26(29,30)31/h1-11H,12H2,(H,32,33)(H,34,35)/b17-11-. The maximum absolute atomic E-state index is 13.2. The van der Waals surface area contributed by atoms with Crippen molar-refractivity contribution in [1.29, 1.82) is 0 Å². The minimum atomic E-state index is -4.63. The van der Waals surface area contributed by atoms with Crippen molar-refractivity contribution >= 4 is 40.8 Å². The Hall–Kier alpha value is -3.95. The average molecular weight is 547 g/mol. The Morgan fingerprint density at radius 1 is 1.03 bits per heavy atom. The lowest BCUT2D eigenvalue weighted by atomic mass is 10.0. The van der Waals surface area contributed by atoms with Crippen LogP contribution in [0.4, 0.5) is 13.2 Å². The molecule has 0 radical (unpaired) electrons. The molecule has 0 atom stereocenters. The number of benzene rings is 3. The van der Waals surface area contributed by atoms with Crippen LogP contribution in [0.25, 0.3) is 34.2 Å². The first-order chi connectivity index (χ1) is 17.6. The highest BCUT2D eigenvalue weighted by Crippen LogP contribution is 2.41. The molecular weight excluding hydrogens is 532 g/mol. The highest BCUT2D eigenvalue weighted by atomic mass is 35.5. The number of nitrogens with one attached hydrogen (secondary N) is 1. The molecule has 3 aromatic carbocycles. The fourth-order valence-corrected chi connectivity index (χ4v) is 4.25. The van der Waals surface area contributed by atoms with Crippen molar-refractivity contribution in [2.45, 2.75) is 6.18 Å². The summed E-state index contributed by atoms with van der Waals surface area (Å²) in [4.78, 5) is 19.7. The molecule has 1 aromatic heterocycles. The molecule has 0 bridgehead atoms. The Kier molecular flexibility index (Phi) is 6.35. The van der Waals surface area contributed by atoms with Crippen molar-refractivity contribution in [3.05, 3.63) is 87.7 Å². The molecule has 1 aliphatic heterocycles. The number of aliphatic carboxylic acids is 1. The molecule has 0 saturated heterocycles. The minimum Gasteiger partial charge on any atom is -0.478 e. The van der Waals surface area contributed by atoms with Gasteiger partial charge in [-0.2, -0.15) is 13.2 Å². The summed E-state index contributed by atoms with van der Waals surface area (Å²) in [5.41, 5.74) is 0.413. The van der Waals surface area contributed by atoms with Gasteiger partial charge in [-0.1, -0.05) is 35.3 Å². The molecule has 0 fully saturated rings. The number of imidazole rings is 1. The van der Waals surface area contributed by atoms with Gasteiger partial charge in [-0.25, -0.2) is 9.78 Å². The molecule has 11 heteroatoms. The van der Waals surface area contributed by atoms with E-state index in [0.29, 0.717) is 44.1 Å². The van der Waals surface area contributed by atoms with Gasteiger partial charge in [0.2, 0.25) is 6.79 Å². The van der Waals surface area contributed by atoms with Crippen molar-refractivity contribution in [1.82, 2.24) is 9.97 Å². The van der Waals surface area contributed by atoms with E-state index in [1.165, 1.54) is 6.07 Å². The van der Waals surface area contributed by atoms with E-state index in [1.807, 2.05) is 0 Å². The van der Waals surface area contributed by atoms with Gasteiger partial charge in [-0.3, -0.25) is 0 Å². The quantitative estimate of drug-likeness (QED) is 0.254. The third kappa shape index (κ3) is 5.00. The normalized spacial score (nSPS) is 13.2. The summed E-state index contributed by atoms with van der Waals surface area (Å²) >= 11 is 12.6. The molecule has 1 aliphatic rings. The smallest absolute Gasteiger partial charge is 0.416 e. The van der Waals surface area contributed by atoms with Crippen LogP contribution in [0.5, 0.6) is 11.5 Å². The maximum Gasteiger partial charge on any atom is 0.416 e. The van der Waals surface area contributed by atoms with Crippen molar-refractivity contribution in [3.63, 3.8) is 0 Å². The fraction of sp³-hybridized carbons (Fsp3) is 0.0769. The molecule has 4 aromatic rings. The van der Waals surface area contributed by atoms with Crippen LogP contribution in [0.3, 0.4) is 0 Å². The molecule has 0 spiro atoms. The van der Waals surface area contributed by atoms with Gasteiger partial charge in [0.15, 0.2) is 11.5 Å². The monoisotopic (exact) mass is 546 g/mol. The van der Waals surface area contributed by atoms with E-state index in [9.17, 15) is 23.1 Å². The first kappa shape index (κ1) is 24.7. The Bertz CT molecular complexity index is 1560. The molecule has 6 nitrogen and oxygen atoms in total. The molecule has 0 saturated carbocycles. The van der Waals surface area contributed by atoms with Crippen LogP contribution in [-0.4, -0.2) is 27.8 Å². The molecule has 37 heavy (non-hydrogen) atoms. The zero-order valence-electron chi connectivity index (χ0n) is 18.6. The molecular formula is C26H15Cl2F3N2O4. The van der Waals surface area contributed by atoms with Gasteiger partial charge in [0, 0.05) is 16.1 Å². The number of aromatic amines is 1. The van der Waals surface area contributed by atoms with Crippen molar-refractivity contribution < 1.29 is 32.5 Å². The largest absolute Gasteiger partial charge is 0.478 e. The number of carboxylic acid groups (broad SMARTS) is 1. The second-order valence-electron chi connectivity index (χ2n) is 7.98. The van der Waals surface area contributed by atoms with Gasteiger partial charge >= 0.3 is 12.1 Å². The Morgan fingerprint density at radius 3 is 2.57 bits per heavy atom. The van der Waals surface area contributed by atoms with Crippen LogP contribution in [0.2, 0.25) is 10.0 Å². The fourth-order valence-electron chi connectivity index (χ4n) is 3.86. The highest BCUT2D eigenvalue weighted by Gasteiger charge is 2.31. The lowest BCUT2D eigenvalue weighted by Crippen LogP contribution is -2.07. The first-order valence-electron chi connectivity index (χ1n) is 10.7. The number of ether oxygens (including phenoxy) is 2. The first-order valence-corrected chi connectivity index (χ1v) is 11.4. The summed E-state index contributed by atoms with van der Waals surface area (Å²) in [6, 6.07) is 14.1. The van der Waals surface area contributed by atoms with Gasteiger partial charge in [-0.15, -0.1) is 0 Å². The molecule has 2 heterocycles. The summed E-state index contributed by atoms with van der Waals surface area (Å²) in [6.07, 6.45) is -3.47. The zero-order chi connectivity index (χ0) is 26.3. The van der Waals surface area contributed by atoms with Crippen molar-refractivity contribution in [3.8, 4) is 34.0 Å². The molecule has 2 N–H and O–H groups in total. The number of rotatable bonds is 5. The summed E-state index contributed by atoms with van der Waals surface area (Å²) in [5, 5.41) is 10.6. The number of alkyl halides is 3. The predicted molar refractivity (Wildman–Crippen MR) is 133 cm³/mol. The minimum absolute atomic E-state index is 0.0687. The van der Waals surface area contributed by atoms with Crippen LogP contribution >= 0.6 is 23.2 Å². The van der Waals surface area contributed by atoms with Gasteiger partial charge < -0.3 is 19.6 Å². The van der Waals surface area contributed by atoms with Gasteiger partial charge in [0.05, 0.1) is 27.5 Å². The Morgan fingerprint density at radius 2 is 1.81 bits per heavy atom. The van der Waals surface area contributed by atoms with Crippen LogP contribution in [0, 0.1) is 0 Å². The predicted octanol–water partition coefficient (Wildman–Crippen LogP) is 7.42. The number of carbonyl (C=O) groups is 1. The summed E-state index contributed by atoms with van der Waals surface area (Å²) in [5.74, 6) is -0.299. The van der Waals surface area contributed by atoms with E-state index >= 15 is 0 Å². The zero-order valence-corrected chi connectivity index (χ0v) is 20.1. The van der Waals surface area contributed by atoms with E-state index in [0.717, 1.165) is 24.3 Å². The third-order valence-electron chi connectivity index (χ3n) is 5.58. The van der Waals surface area contributed by atoms with Crippen LogP contribution in [0.1, 0.15) is 17.0 Å². The van der Waals surface area contributed by atoms with E-state index in [2.05, 4.69) is 9.97 Å². The molecule has 5 rings (SSSR count). The SMILES string of the molecule is O=C(O)/C(=C\c1nc(-c2ccc3c(c2)OCO3)c(-c2cc(Cl)ccc2Cl)[nH]1)c1cccc(C(F)(F)F)c1. The summed E-state index contributed by atoms with van der Waals surface area (Å²) < 4.78 is 50.5. The highest BCUT2D eigenvalue weighted by molar-refractivity contribution is 6.35. The number of aromatic nitrogens is 2. The number of H-pyrrole nitrogens is 1. The Labute approximate surface area is 217 Å². The second kappa shape index (κ2) is 9.49. The molecule has 0 unspecified atom stereocenters. The van der Waals surface area contributed by atoms with Gasteiger partial charge in [0.1, 0.15) is 5.82 Å². The maximum atomic E-state index is 13.2. The third-order valence-corrected chi connectivity index (χ3v) is 6.14. The van der Waals surface area contributed by atoms with E-state index in [1.54, 1.807) is 36.4 Å². The van der Waals surface area contributed by atoms with Gasteiger partial charge in [0.25, 0.3) is 0 Å². The molecule has 0 amide bonds. The number of hydrogen-bond donors (Lipinski definition) is 2. The number of hydrogen-bond acceptors (Lipinski definition) is 4. The van der Waals surface area contributed by atoms with Crippen LogP contribution < -0.4 is 9.47 Å². The van der Waals surface area contributed by atoms with Crippen LogP contribution in [0.15, 0.2) is 60.7 Å². The number of carboxylic acids is 1. The van der Waals surface area contributed by atoms with E-state index in [-0.39, 0.29) is 23.8 Å². The van der Waals surface area contributed by atoms with E-state index < -0.39 is 17.7 Å². The van der Waals surface area contributed by atoms with E-state index in [4.69, 9.17) is 32.7 Å². The Balaban J connectivity index is 1.68. The lowest BCUT2D eigenvalue weighted by molar-refractivity contribution is -0.137. The summed E-state index contributed by atoms with van der Waals surface area (Å²) in [6.45, 7) is 0.0687. The number of nitrogens with zero attached hydrogens (tertiary/aromatic N) is 1. The van der Waals surface area contributed by atoms with Gasteiger partial charge in [-0.05, 0) is 60.2 Å².